The number of ether oxygens (including phenoxy) is 3. The van der Waals surface area contributed by atoms with Gasteiger partial charge in [-0.05, 0) is 44.9 Å². The summed E-state index contributed by atoms with van der Waals surface area (Å²) in [6, 6.07) is 0. The Morgan fingerprint density at radius 1 is 1.04 bits per heavy atom. The van der Waals surface area contributed by atoms with E-state index in [2.05, 4.69) is 6.92 Å². The predicted octanol–water partition coefficient (Wildman–Crippen LogP) is 4.69. The van der Waals surface area contributed by atoms with Crippen molar-refractivity contribution in [2.24, 2.45) is 11.8 Å². The molecule has 1 saturated carbocycles. The van der Waals surface area contributed by atoms with Crippen LogP contribution < -0.4 is 0 Å². The molecule has 23 heavy (non-hydrogen) atoms. The van der Waals surface area contributed by atoms with Gasteiger partial charge in [0.05, 0.1) is 19.3 Å². The van der Waals surface area contributed by atoms with Gasteiger partial charge in [-0.15, -0.1) is 0 Å². The zero-order valence-electron chi connectivity index (χ0n) is 13.9. The van der Waals surface area contributed by atoms with Crippen LogP contribution in [0.3, 0.4) is 0 Å². The molecule has 3 nitrogen and oxygen atoms in total. The molecule has 0 N–H and O–H groups in total. The third kappa shape index (κ3) is 6.98. The first kappa shape index (κ1) is 19.0. The van der Waals surface area contributed by atoms with E-state index in [1.165, 1.54) is 0 Å². The average Bonchev–Trinajstić information content (AvgIpc) is 2.53. The van der Waals surface area contributed by atoms with Gasteiger partial charge in [0.15, 0.2) is 6.29 Å². The van der Waals surface area contributed by atoms with Crippen LogP contribution in [0.1, 0.15) is 58.3 Å². The highest BCUT2D eigenvalue weighted by atomic mass is 19.4. The highest BCUT2D eigenvalue weighted by Crippen LogP contribution is 2.33. The zero-order valence-corrected chi connectivity index (χ0v) is 13.9. The van der Waals surface area contributed by atoms with Crippen molar-refractivity contribution >= 4 is 0 Å². The van der Waals surface area contributed by atoms with Crippen LogP contribution in [-0.4, -0.2) is 38.4 Å². The van der Waals surface area contributed by atoms with Crippen molar-refractivity contribution in [1.29, 1.82) is 0 Å². The van der Waals surface area contributed by atoms with Crippen LogP contribution in [0.15, 0.2) is 0 Å². The van der Waals surface area contributed by atoms with E-state index in [1.54, 1.807) is 0 Å². The average molecular weight is 338 g/mol. The molecule has 2 rings (SSSR count). The Kier molecular flexibility index (Phi) is 7.63. The molecule has 0 amide bonds. The molecular formula is C17H29F3O3. The van der Waals surface area contributed by atoms with Crippen LogP contribution >= 0.6 is 0 Å². The summed E-state index contributed by atoms with van der Waals surface area (Å²) >= 11 is 0. The normalized spacial score (nSPS) is 32.9. The lowest BCUT2D eigenvalue weighted by molar-refractivity contribution is -0.232. The molecule has 6 heteroatoms. The summed E-state index contributed by atoms with van der Waals surface area (Å²) in [5.41, 5.74) is 0. The molecule has 0 radical (unpaired) electrons. The first-order chi connectivity index (χ1) is 11.0. The monoisotopic (exact) mass is 338 g/mol. The van der Waals surface area contributed by atoms with Gasteiger partial charge in [-0.1, -0.05) is 6.92 Å². The molecule has 0 aromatic rings. The highest BCUT2D eigenvalue weighted by Gasteiger charge is 2.33. The first-order valence-electron chi connectivity index (χ1n) is 8.89. The molecule has 0 bridgehead atoms. The van der Waals surface area contributed by atoms with E-state index >= 15 is 0 Å². The minimum atomic E-state index is -4.06. The summed E-state index contributed by atoms with van der Waals surface area (Å²) < 4.78 is 53.8. The summed E-state index contributed by atoms with van der Waals surface area (Å²) in [5, 5.41) is 0. The second kappa shape index (κ2) is 9.23. The molecule has 0 aromatic heterocycles. The van der Waals surface area contributed by atoms with Gasteiger partial charge < -0.3 is 14.2 Å². The van der Waals surface area contributed by atoms with E-state index in [1.807, 2.05) is 0 Å². The Morgan fingerprint density at radius 3 is 2.26 bits per heavy atom. The van der Waals surface area contributed by atoms with Crippen molar-refractivity contribution in [1.82, 2.24) is 0 Å². The van der Waals surface area contributed by atoms with Gasteiger partial charge in [0, 0.05) is 24.9 Å². The number of alkyl halides is 3. The van der Waals surface area contributed by atoms with Crippen LogP contribution in [0.4, 0.5) is 13.2 Å². The van der Waals surface area contributed by atoms with Crippen LogP contribution in [0.25, 0.3) is 0 Å². The maximum absolute atomic E-state index is 12.2. The third-order valence-electron chi connectivity index (χ3n) is 4.73. The predicted molar refractivity (Wildman–Crippen MR) is 81.1 cm³/mol. The van der Waals surface area contributed by atoms with Gasteiger partial charge in [0.1, 0.15) is 0 Å². The van der Waals surface area contributed by atoms with E-state index in [9.17, 15) is 13.2 Å². The summed E-state index contributed by atoms with van der Waals surface area (Å²) in [4.78, 5) is 0. The zero-order chi connectivity index (χ0) is 16.7. The second-order valence-electron chi connectivity index (χ2n) is 6.82. The molecule has 1 saturated heterocycles. The van der Waals surface area contributed by atoms with Crippen molar-refractivity contribution in [3.8, 4) is 0 Å². The van der Waals surface area contributed by atoms with E-state index in [4.69, 9.17) is 14.2 Å². The van der Waals surface area contributed by atoms with Crippen molar-refractivity contribution in [3.05, 3.63) is 0 Å². The van der Waals surface area contributed by atoms with Gasteiger partial charge in [-0.2, -0.15) is 13.2 Å². The van der Waals surface area contributed by atoms with Crippen molar-refractivity contribution < 1.29 is 27.4 Å². The van der Waals surface area contributed by atoms with Gasteiger partial charge in [0.25, 0.3) is 0 Å². The fraction of sp³-hybridized carbons (Fsp3) is 1.00. The Hall–Kier alpha value is -0.330. The number of halogens is 3. The Labute approximate surface area is 136 Å². The standard InChI is InChI=1S/C17H29F3O3/c1-2-10-21-15-7-5-14(6-8-15)16-22-11-13(12-23-16)4-3-9-17(18,19)20/h13-16H,2-12H2,1H3/t13-,14?,15?,16-. The molecule has 0 aromatic carbocycles. The molecule has 0 atom stereocenters. The molecule has 136 valence electrons. The Bertz CT molecular complexity index is 320. The van der Waals surface area contributed by atoms with E-state index in [-0.39, 0.29) is 18.6 Å². The Morgan fingerprint density at radius 2 is 1.70 bits per heavy atom. The lowest BCUT2D eigenvalue weighted by Gasteiger charge is -2.37. The number of hydrogen-bond acceptors (Lipinski definition) is 3. The Balaban J connectivity index is 1.60. The summed E-state index contributed by atoms with van der Waals surface area (Å²) in [7, 11) is 0. The van der Waals surface area contributed by atoms with Crippen molar-refractivity contribution in [3.63, 3.8) is 0 Å². The largest absolute Gasteiger partial charge is 0.389 e. The summed E-state index contributed by atoms with van der Waals surface area (Å²) in [5.74, 6) is 0.491. The summed E-state index contributed by atoms with van der Waals surface area (Å²) in [6.45, 7) is 3.98. The minimum absolute atomic E-state index is 0.0952. The van der Waals surface area contributed by atoms with E-state index < -0.39 is 12.6 Å². The van der Waals surface area contributed by atoms with Crippen LogP contribution in [0.5, 0.6) is 0 Å². The molecule has 1 aliphatic heterocycles. The summed E-state index contributed by atoms with van der Waals surface area (Å²) in [6.07, 6.45) is 1.30. The van der Waals surface area contributed by atoms with Gasteiger partial charge in [-0.3, -0.25) is 0 Å². The fourth-order valence-corrected chi connectivity index (χ4v) is 3.40. The minimum Gasteiger partial charge on any atom is -0.378 e. The highest BCUT2D eigenvalue weighted by molar-refractivity contribution is 4.77. The lowest BCUT2D eigenvalue weighted by Crippen LogP contribution is -2.39. The van der Waals surface area contributed by atoms with Gasteiger partial charge in [-0.25, -0.2) is 0 Å². The van der Waals surface area contributed by atoms with Crippen LogP contribution in [0, 0.1) is 11.8 Å². The van der Waals surface area contributed by atoms with Gasteiger partial charge >= 0.3 is 6.18 Å². The van der Waals surface area contributed by atoms with Crippen LogP contribution in [0.2, 0.25) is 0 Å². The topological polar surface area (TPSA) is 27.7 Å². The van der Waals surface area contributed by atoms with E-state index in [0.717, 1.165) is 38.7 Å². The number of rotatable bonds is 7. The number of hydrogen-bond donors (Lipinski definition) is 0. The quantitative estimate of drug-likeness (QED) is 0.674. The first-order valence-corrected chi connectivity index (χ1v) is 8.89. The molecule has 1 aliphatic carbocycles. The molecule has 1 heterocycles. The lowest BCUT2D eigenvalue weighted by atomic mass is 9.86. The SMILES string of the molecule is CCCOC1CCC([C@H]2OC[C@H](CCCC(F)(F)F)CO2)CC1. The fourth-order valence-electron chi connectivity index (χ4n) is 3.40. The smallest absolute Gasteiger partial charge is 0.378 e. The molecule has 0 unspecified atom stereocenters. The van der Waals surface area contributed by atoms with Crippen molar-refractivity contribution in [2.45, 2.75) is 76.9 Å². The molecule has 2 fully saturated rings. The third-order valence-corrected chi connectivity index (χ3v) is 4.73. The maximum atomic E-state index is 12.2. The molecular weight excluding hydrogens is 309 g/mol. The maximum Gasteiger partial charge on any atom is 0.389 e. The van der Waals surface area contributed by atoms with Gasteiger partial charge in [0.2, 0.25) is 0 Å². The molecule has 2 aliphatic rings. The van der Waals surface area contributed by atoms with E-state index in [0.29, 0.717) is 31.7 Å². The second-order valence-corrected chi connectivity index (χ2v) is 6.82. The van der Waals surface area contributed by atoms with Crippen LogP contribution in [-0.2, 0) is 14.2 Å². The van der Waals surface area contributed by atoms with Crippen molar-refractivity contribution in [2.75, 3.05) is 19.8 Å². The molecule has 0 spiro atoms.